The fraction of sp³-hybridized carbons (Fsp3) is 0.462. The van der Waals surface area contributed by atoms with Gasteiger partial charge >= 0.3 is 0 Å². The van der Waals surface area contributed by atoms with Crippen molar-refractivity contribution < 1.29 is 19.7 Å². The van der Waals surface area contributed by atoms with Gasteiger partial charge in [-0.3, -0.25) is 4.79 Å². The van der Waals surface area contributed by atoms with Crippen molar-refractivity contribution in [2.24, 2.45) is 0 Å². The van der Waals surface area contributed by atoms with Gasteiger partial charge in [0.05, 0.1) is 17.4 Å². The van der Waals surface area contributed by atoms with E-state index in [-0.39, 0.29) is 29.6 Å². The van der Waals surface area contributed by atoms with Crippen LogP contribution >= 0.6 is 0 Å². The summed E-state index contributed by atoms with van der Waals surface area (Å²) in [7, 11) is 0. The molecule has 6 nitrogen and oxygen atoms in total. The van der Waals surface area contributed by atoms with Crippen LogP contribution in [0.5, 0.6) is 5.75 Å². The predicted molar refractivity (Wildman–Crippen MR) is 69.8 cm³/mol. The van der Waals surface area contributed by atoms with Crippen molar-refractivity contribution in [2.45, 2.75) is 25.0 Å². The zero-order valence-corrected chi connectivity index (χ0v) is 10.7. The largest absolute Gasteiger partial charge is 0.505 e. The molecule has 2 unspecified atom stereocenters. The number of rotatable bonds is 3. The first kappa shape index (κ1) is 13.6. The number of aliphatic hydroxyl groups is 1. The van der Waals surface area contributed by atoms with Crippen LogP contribution in [0, 0.1) is 0 Å². The molecule has 5 N–H and O–H groups in total. The van der Waals surface area contributed by atoms with E-state index in [1.165, 1.54) is 12.1 Å². The number of phenols is 1. The first-order valence-electron chi connectivity index (χ1n) is 6.14. The monoisotopic (exact) mass is 266 g/mol. The maximum Gasteiger partial charge on any atom is 0.255 e. The molecule has 2 rings (SSSR count). The molecular weight excluding hydrogens is 248 g/mol. The number of ether oxygens (including phenoxy) is 1. The molecule has 1 aromatic rings. The summed E-state index contributed by atoms with van der Waals surface area (Å²) in [5.74, 6) is -0.722. The fourth-order valence-corrected chi connectivity index (χ4v) is 2.08. The molecule has 0 bridgehead atoms. The van der Waals surface area contributed by atoms with E-state index in [1.54, 1.807) is 13.0 Å². The summed E-state index contributed by atoms with van der Waals surface area (Å²) >= 11 is 0. The number of aromatic hydroxyl groups is 1. The summed E-state index contributed by atoms with van der Waals surface area (Å²) in [5.41, 5.74) is 4.70. The number of nitrogens with one attached hydrogen (secondary N) is 1. The first-order chi connectivity index (χ1) is 8.94. The topological polar surface area (TPSA) is 105 Å². The minimum atomic E-state index is -1.06. The Morgan fingerprint density at radius 1 is 1.63 bits per heavy atom. The number of para-hydroxylation sites is 1. The maximum atomic E-state index is 11.9. The number of amides is 1. The van der Waals surface area contributed by atoms with Gasteiger partial charge < -0.3 is 26.0 Å². The van der Waals surface area contributed by atoms with E-state index in [4.69, 9.17) is 10.5 Å². The number of phenolic OH excluding ortho intramolecular Hbond substituents is 1. The van der Waals surface area contributed by atoms with Gasteiger partial charge in [0.15, 0.2) is 5.75 Å². The van der Waals surface area contributed by atoms with E-state index in [2.05, 4.69) is 5.32 Å². The van der Waals surface area contributed by atoms with Crippen LogP contribution in [-0.2, 0) is 4.74 Å². The Bertz CT molecular complexity index is 492. The Balaban J connectivity index is 2.04. The third-order valence-electron chi connectivity index (χ3n) is 3.53. The van der Waals surface area contributed by atoms with Crippen molar-refractivity contribution in [3.05, 3.63) is 23.8 Å². The summed E-state index contributed by atoms with van der Waals surface area (Å²) in [5, 5.41) is 22.6. The molecule has 19 heavy (non-hydrogen) atoms. The molecular formula is C13H18N2O4. The van der Waals surface area contributed by atoms with Crippen LogP contribution in [0.15, 0.2) is 18.2 Å². The van der Waals surface area contributed by atoms with Crippen LogP contribution in [0.2, 0.25) is 0 Å². The number of hydrogen-bond acceptors (Lipinski definition) is 5. The molecule has 1 fully saturated rings. The molecule has 1 aliphatic rings. The van der Waals surface area contributed by atoms with Crippen LogP contribution in [0.1, 0.15) is 23.7 Å². The van der Waals surface area contributed by atoms with Gasteiger partial charge in [-0.1, -0.05) is 6.07 Å². The van der Waals surface area contributed by atoms with Gasteiger partial charge in [-0.15, -0.1) is 0 Å². The quantitative estimate of drug-likeness (QED) is 0.463. The zero-order chi connectivity index (χ0) is 14.0. The van der Waals surface area contributed by atoms with Gasteiger partial charge in [0.2, 0.25) is 0 Å². The number of anilines is 1. The molecule has 0 aliphatic carbocycles. The molecule has 1 aromatic carbocycles. The Morgan fingerprint density at radius 3 is 3.00 bits per heavy atom. The minimum Gasteiger partial charge on any atom is -0.505 e. The number of hydrogen-bond donors (Lipinski definition) is 4. The number of carbonyl (C=O) groups excluding carboxylic acids is 1. The normalized spacial score (nSPS) is 26.3. The van der Waals surface area contributed by atoms with Crippen molar-refractivity contribution in [1.29, 1.82) is 0 Å². The van der Waals surface area contributed by atoms with Crippen molar-refractivity contribution in [3.8, 4) is 5.75 Å². The summed E-state index contributed by atoms with van der Waals surface area (Å²) in [6, 6.07) is 4.56. The third kappa shape index (κ3) is 2.64. The second kappa shape index (κ2) is 5.07. The number of benzene rings is 1. The summed E-state index contributed by atoms with van der Waals surface area (Å²) < 4.78 is 5.28. The van der Waals surface area contributed by atoms with Crippen LogP contribution in [0.4, 0.5) is 5.69 Å². The number of nitrogens with two attached hydrogens (primary N) is 1. The van der Waals surface area contributed by atoms with Crippen molar-refractivity contribution >= 4 is 11.6 Å². The average molecular weight is 266 g/mol. The van der Waals surface area contributed by atoms with E-state index in [9.17, 15) is 15.0 Å². The molecule has 0 spiro atoms. The lowest BCUT2D eigenvalue weighted by Crippen LogP contribution is -2.47. The van der Waals surface area contributed by atoms with Gasteiger partial charge in [-0.2, -0.15) is 0 Å². The highest BCUT2D eigenvalue weighted by atomic mass is 16.5. The van der Waals surface area contributed by atoms with Crippen LogP contribution in [-0.4, -0.2) is 41.0 Å². The fourth-order valence-electron chi connectivity index (χ4n) is 2.08. The van der Waals surface area contributed by atoms with Crippen molar-refractivity contribution in [1.82, 2.24) is 5.32 Å². The second-order valence-electron chi connectivity index (χ2n) is 4.79. The van der Waals surface area contributed by atoms with Crippen molar-refractivity contribution in [2.75, 3.05) is 18.9 Å². The summed E-state index contributed by atoms with van der Waals surface area (Å²) in [6.07, 6.45) is 0.138. The number of carbonyl (C=O) groups is 1. The average Bonchev–Trinajstić information content (AvgIpc) is 2.71. The van der Waals surface area contributed by atoms with Gasteiger partial charge in [0, 0.05) is 19.6 Å². The highest BCUT2D eigenvalue weighted by Gasteiger charge is 2.39. The molecule has 0 saturated carbocycles. The Kier molecular flexibility index (Phi) is 3.64. The van der Waals surface area contributed by atoms with Gasteiger partial charge in [0.1, 0.15) is 5.60 Å². The Labute approximate surface area is 111 Å². The van der Waals surface area contributed by atoms with Crippen molar-refractivity contribution in [3.63, 3.8) is 0 Å². The van der Waals surface area contributed by atoms with Gasteiger partial charge in [-0.25, -0.2) is 0 Å². The van der Waals surface area contributed by atoms with Crippen LogP contribution < -0.4 is 11.1 Å². The van der Waals surface area contributed by atoms with E-state index >= 15 is 0 Å². The van der Waals surface area contributed by atoms with E-state index < -0.39 is 11.5 Å². The Morgan fingerprint density at radius 2 is 2.37 bits per heavy atom. The molecule has 1 aliphatic heterocycles. The molecule has 1 amide bonds. The summed E-state index contributed by atoms with van der Waals surface area (Å²) in [4.78, 5) is 11.9. The van der Waals surface area contributed by atoms with E-state index in [0.29, 0.717) is 13.0 Å². The molecule has 1 saturated heterocycles. The SMILES string of the molecule is CC1OCCC1(O)CNC(=O)c1cccc(N)c1O. The molecule has 6 heteroatoms. The van der Waals surface area contributed by atoms with Crippen LogP contribution in [0.25, 0.3) is 0 Å². The smallest absolute Gasteiger partial charge is 0.255 e. The highest BCUT2D eigenvalue weighted by Crippen LogP contribution is 2.26. The first-order valence-corrected chi connectivity index (χ1v) is 6.14. The maximum absolute atomic E-state index is 11.9. The lowest BCUT2D eigenvalue weighted by Gasteiger charge is -2.26. The lowest BCUT2D eigenvalue weighted by molar-refractivity contribution is -0.0251. The third-order valence-corrected chi connectivity index (χ3v) is 3.53. The lowest BCUT2D eigenvalue weighted by atomic mass is 9.96. The molecule has 104 valence electrons. The minimum absolute atomic E-state index is 0.0707. The Hall–Kier alpha value is -1.79. The van der Waals surface area contributed by atoms with Crippen LogP contribution in [0.3, 0.4) is 0 Å². The summed E-state index contributed by atoms with van der Waals surface area (Å²) in [6.45, 7) is 2.30. The zero-order valence-electron chi connectivity index (χ0n) is 10.7. The standard InChI is InChI=1S/C13H18N2O4/c1-8-13(18,5-6-19-8)7-15-12(17)9-3-2-4-10(14)11(9)16/h2-4,8,16,18H,5-7,14H2,1H3,(H,15,17). The van der Waals surface area contributed by atoms with Gasteiger partial charge in [-0.05, 0) is 19.1 Å². The molecule has 0 radical (unpaired) electrons. The van der Waals surface area contributed by atoms with Gasteiger partial charge in [0.25, 0.3) is 5.91 Å². The molecule has 2 atom stereocenters. The van der Waals surface area contributed by atoms with E-state index in [1.807, 2.05) is 0 Å². The van der Waals surface area contributed by atoms with E-state index in [0.717, 1.165) is 0 Å². The molecule has 1 heterocycles. The molecule has 0 aromatic heterocycles. The predicted octanol–water partition coefficient (Wildman–Crippen LogP) is 0.244. The second-order valence-corrected chi connectivity index (χ2v) is 4.79. The number of nitrogen functional groups attached to an aromatic ring is 1. The highest BCUT2D eigenvalue weighted by molar-refractivity contribution is 5.98.